The molecule has 0 aromatic heterocycles. The summed E-state index contributed by atoms with van der Waals surface area (Å²) in [7, 11) is 0. The molecule has 1 aromatic rings. The Balaban J connectivity index is 1.69. The molecular formula is C14H15ClN2O3S. The number of carbonyl (C=O) groups excluding carboxylic acids is 2. The molecule has 5 nitrogen and oxygen atoms in total. The number of benzene rings is 1. The Labute approximate surface area is 132 Å². The van der Waals surface area contributed by atoms with Crippen LogP contribution in [0.15, 0.2) is 24.3 Å². The average Bonchev–Trinajstić information content (AvgIpc) is 3.09. The molecule has 2 heterocycles. The quantitative estimate of drug-likeness (QED) is 0.855. The molecule has 2 fully saturated rings. The second kappa shape index (κ2) is 6.15. The van der Waals surface area contributed by atoms with Gasteiger partial charge in [-0.15, -0.1) is 11.8 Å². The van der Waals surface area contributed by atoms with Gasteiger partial charge in [0.25, 0.3) is 0 Å². The van der Waals surface area contributed by atoms with Crippen LogP contribution in [0.3, 0.4) is 0 Å². The van der Waals surface area contributed by atoms with Gasteiger partial charge in [-0.25, -0.2) is 4.79 Å². The highest BCUT2D eigenvalue weighted by atomic mass is 35.5. The van der Waals surface area contributed by atoms with Gasteiger partial charge in [0.05, 0.1) is 6.54 Å². The minimum Gasteiger partial charge on any atom is -0.448 e. The Kier molecular flexibility index (Phi) is 4.26. The fraction of sp³-hybridized carbons (Fsp3) is 0.429. The number of hydrogen-bond acceptors (Lipinski definition) is 4. The molecule has 7 heteroatoms. The first kappa shape index (κ1) is 14.5. The number of cyclic esters (lactones) is 1. The van der Waals surface area contributed by atoms with E-state index in [1.54, 1.807) is 11.8 Å². The molecule has 1 aromatic carbocycles. The Hall–Kier alpha value is -1.40. The lowest BCUT2D eigenvalue weighted by Gasteiger charge is -2.25. The van der Waals surface area contributed by atoms with Gasteiger partial charge in [0.1, 0.15) is 18.5 Å². The summed E-state index contributed by atoms with van der Waals surface area (Å²) in [5.41, 5.74) is 1.05. The van der Waals surface area contributed by atoms with Gasteiger partial charge in [-0.05, 0) is 17.7 Å². The number of thioether (sulfide) groups is 1. The van der Waals surface area contributed by atoms with Crippen molar-refractivity contribution in [2.45, 2.75) is 5.37 Å². The van der Waals surface area contributed by atoms with Crippen molar-refractivity contribution in [2.75, 3.05) is 32.0 Å². The molecule has 1 atom stereocenters. The molecule has 2 amide bonds. The summed E-state index contributed by atoms with van der Waals surface area (Å²) in [5, 5.41) is 0.674. The van der Waals surface area contributed by atoms with Gasteiger partial charge in [0.2, 0.25) is 5.91 Å². The van der Waals surface area contributed by atoms with E-state index >= 15 is 0 Å². The number of amides is 2. The van der Waals surface area contributed by atoms with Gasteiger partial charge < -0.3 is 9.64 Å². The SMILES string of the molecule is O=C1OCCN1CC(=O)N1CCSC1c1ccc(Cl)cc1. The normalized spacial score (nSPS) is 21.8. The monoisotopic (exact) mass is 326 g/mol. The van der Waals surface area contributed by atoms with Gasteiger partial charge in [0, 0.05) is 17.3 Å². The molecule has 2 aliphatic rings. The Bertz CT molecular complexity index is 552. The van der Waals surface area contributed by atoms with Crippen LogP contribution in [0.2, 0.25) is 5.02 Å². The second-order valence-electron chi connectivity index (χ2n) is 4.90. The van der Waals surface area contributed by atoms with Gasteiger partial charge in [-0.1, -0.05) is 23.7 Å². The summed E-state index contributed by atoms with van der Waals surface area (Å²) in [5.74, 6) is 0.850. The molecule has 3 rings (SSSR count). The molecule has 0 aliphatic carbocycles. The Morgan fingerprint density at radius 2 is 2.10 bits per heavy atom. The highest BCUT2D eigenvalue weighted by Gasteiger charge is 2.33. The van der Waals surface area contributed by atoms with E-state index in [-0.39, 0.29) is 17.8 Å². The van der Waals surface area contributed by atoms with Crippen molar-refractivity contribution in [2.24, 2.45) is 0 Å². The van der Waals surface area contributed by atoms with Crippen LogP contribution in [0, 0.1) is 0 Å². The number of halogens is 1. The van der Waals surface area contributed by atoms with E-state index in [0.717, 1.165) is 11.3 Å². The van der Waals surface area contributed by atoms with Crippen molar-refractivity contribution < 1.29 is 14.3 Å². The third kappa shape index (κ3) is 3.11. The number of hydrogen-bond donors (Lipinski definition) is 0. The summed E-state index contributed by atoms with van der Waals surface area (Å²) in [6, 6.07) is 7.54. The van der Waals surface area contributed by atoms with Crippen LogP contribution < -0.4 is 0 Å². The summed E-state index contributed by atoms with van der Waals surface area (Å²) < 4.78 is 4.85. The topological polar surface area (TPSA) is 49.9 Å². The van der Waals surface area contributed by atoms with Crippen LogP contribution in [0.4, 0.5) is 4.79 Å². The first-order chi connectivity index (χ1) is 10.1. The van der Waals surface area contributed by atoms with Crippen LogP contribution in [-0.2, 0) is 9.53 Å². The summed E-state index contributed by atoms with van der Waals surface area (Å²) in [4.78, 5) is 27.1. The van der Waals surface area contributed by atoms with Crippen molar-refractivity contribution in [3.63, 3.8) is 0 Å². The summed E-state index contributed by atoms with van der Waals surface area (Å²) in [6.07, 6.45) is -0.404. The average molecular weight is 327 g/mol. The second-order valence-corrected chi connectivity index (χ2v) is 6.52. The molecule has 0 spiro atoms. The third-order valence-electron chi connectivity index (χ3n) is 3.54. The van der Waals surface area contributed by atoms with Crippen LogP contribution >= 0.6 is 23.4 Å². The van der Waals surface area contributed by atoms with Gasteiger partial charge in [-0.3, -0.25) is 9.69 Å². The van der Waals surface area contributed by atoms with Crippen molar-refractivity contribution in [3.05, 3.63) is 34.9 Å². The maximum atomic E-state index is 12.4. The molecule has 0 radical (unpaired) electrons. The third-order valence-corrected chi connectivity index (χ3v) is 5.05. The summed E-state index contributed by atoms with van der Waals surface area (Å²) >= 11 is 7.63. The minimum absolute atomic E-state index is 0.00612. The largest absolute Gasteiger partial charge is 0.448 e. The first-order valence-electron chi connectivity index (χ1n) is 6.73. The maximum absolute atomic E-state index is 12.4. The van der Waals surface area contributed by atoms with Crippen molar-refractivity contribution >= 4 is 35.4 Å². The smallest absolute Gasteiger partial charge is 0.410 e. The predicted octanol–water partition coefficient (Wildman–Crippen LogP) is 2.37. The molecule has 1 unspecified atom stereocenters. The van der Waals surface area contributed by atoms with Crippen LogP contribution in [0.25, 0.3) is 0 Å². The molecule has 2 saturated heterocycles. The number of ether oxygens (including phenoxy) is 1. The fourth-order valence-electron chi connectivity index (χ4n) is 2.45. The van der Waals surface area contributed by atoms with E-state index in [9.17, 15) is 9.59 Å². The number of rotatable bonds is 3. The zero-order chi connectivity index (χ0) is 14.8. The summed E-state index contributed by atoms with van der Waals surface area (Å²) in [6.45, 7) is 1.63. The van der Waals surface area contributed by atoms with Crippen LogP contribution in [-0.4, -0.2) is 53.8 Å². The molecule has 0 N–H and O–H groups in total. The highest BCUT2D eigenvalue weighted by molar-refractivity contribution is 7.99. The van der Waals surface area contributed by atoms with Crippen molar-refractivity contribution in [3.8, 4) is 0 Å². The van der Waals surface area contributed by atoms with E-state index < -0.39 is 6.09 Å². The zero-order valence-electron chi connectivity index (χ0n) is 11.3. The molecular weight excluding hydrogens is 312 g/mol. The number of nitrogens with zero attached hydrogens (tertiary/aromatic N) is 2. The Morgan fingerprint density at radius 3 is 2.76 bits per heavy atom. The van der Waals surface area contributed by atoms with Crippen LogP contribution in [0.5, 0.6) is 0 Å². The zero-order valence-corrected chi connectivity index (χ0v) is 12.9. The van der Waals surface area contributed by atoms with E-state index in [1.807, 2.05) is 29.2 Å². The molecule has 112 valence electrons. The van der Waals surface area contributed by atoms with Crippen molar-refractivity contribution in [1.29, 1.82) is 0 Å². The van der Waals surface area contributed by atoms with Gasteiger partial charge in [0.15, 0.2) is 0 Å². The van der Waals surface area contributed by atoms with Crippen LogP contribution in [0.1, 0.15) is 10.9 Å². The molecule has 21 heavy (non-hydrogen) atoms. The van der Waals surface area contributed by atoms with E-state index in [1.165, 1.54) is 4.90 Å². The fourth-order valence-corrected chi connectivity index (χ4v) is 3.86. The lowest BCUT2D eigenvalue weighted by molar-refractivity contribution is -0.131. The lowest BCUT2D eigenvalue weighted by Crippen LogP contribution is -2.40. The molecule has 2 aliphatic heterocycles. The lowest BCUT2D eigenvalue weighted by atomic mass is 10.2. The minimum atomic E-state index is -0.404. The highest BCUT2D eigenvalue weighted by Crippen LogP contribution is 2.38. The molecule has 0 saturated carbocycles. The van der Waals surface area contributed by atoms with Crippen molar-refractivity contribution in [1.82, 2.24) is 9.80 Å². The van der Waals surface area contributed by atoms with Gasteiger partial charge in [-0.2, -0.15) is 0 Å². The maximum Gasteiger partial charge on any atom is 0.410 e. The van der Waals surface area contributed by atoms with E-state index in [0.29, 0.717) is 24.7 Å². The van der Waals surface area contributed by atoms with E-state index in [4.69, 9.17) is 16.3 Å². The van der Waals surface area contributed by atoms with E-state index in [2.05, 4.69) is 0 Å². The first-order valence-corrected chi connectivity index (χ1v) is 8.16. The predicted molar refractivity (Wildman–Crippen MR) is 81.3 cm³/mol. The molecule has 0 bridgehead atoms. The Morgan fingerprint density at radius 1 is 1.33 bits per heavy atom. The number of carbonyl (C=O) groups is 2. The van der Waals surface area contributed by atoms with Gasteiger partial charge >= 0.3 is 6.09 Å². The standard InChI is InChI=1S/C14H15ClN2O3S/c15-11-3-1-10(2-4-11)13-17(6-8-21-13)12(18)9-16-5-7-20-14(16)19/h1-4,13H,5-9H2.